The molecule has 0 N–H and O–H groups in total. The number of benzene rings is 1. The summed E-state index contributed by atoms with van der Waals surface area (Å²) >= 11 is 11.7. The Morgan fingerprint density at radius 3 is 2.38 bits per heavy atom. The van der Waals surface area contributed by atoms with Crippen LogP contribution >= 0.6 is 38.9 Å². The Kier molecular flexibility index (Phi) is 4.06. The molecule has 3 heteroatoms. The summed E-state index contributed by atoms with van der Waals surface area (Å²) in [5, 5.41) is 0.0405. The number of rotatable bonds is 3. The zero-order valence-corrected chi connectivity index (χ0v) is 12.0. The van der Waals surface area contributed by atoms with Crippen molar-refractivity contribution >= 4 is 38.9 Å². The molecule has 2 rings (SSSR count). The van der Waals surface area contributed by atoms with Crippen molar-refractivity contribution in [3.63, 3.8) is 0 Å². The fraction of sp³-hybridized carbons (Fsp3) is 0.231. The highest BCUT2D eigenvalue weighted by molar-refractivity contribution is 9.11. The van der Waals surface area contributed by atoms with Crippen LogP contribution in [-0.2, 0) is 0 Å². The first-order valence-electron chi connectivity index (χ1n) is 5.12. The van der Waals surface area contributed by atoms with Gasteiger partial charge in [0.15, 0.2) is 0 Å². The monoisotopic (exact) mass is 314 g/mol. The average Bonchev–Trinajstić information content (AvgIpc) is 2.75. The van der Waals surface area contributed by atoms with Crippen LogP contribution in [0.5, 0.6) is 0 Å². The van der Waals surface area contributed by atoms with Crippen LogP contribution in [0.1, 0.15) is 28.7 Å². The minimum absolute atomic E-state index is 0.0405. The molecule has 0 aliphatic rings. The molecule has 0 amide bonds. The van der Waals surface area contributed by atoms with E-state index in [-0.39, 0.29) is 5.38 Å². The van der Waals surface area contributed by atoms with Gasteiger partial charge in [0.25, 0.3) is 0 Å². The van der Waals surface area contributed by atoms with Gasteiger partial charge in [-0.15, -0.1) is 22.9 Å². The standard InChI is InChI=1S/C13H12BrClS/c1-9(10-5-3-2-4-6-10)13(15)11-7-8-12(14)16-11/h2-9,13H,1H3. The van der Waals surface area contributed by atoms with E-state index < -0.39 is 0 Å². The van der Waals surface area contributed by atoms with Crippen molar-refractivity contribution in [2.24, 2.45) is 0 Å². The summed E-state index contributed by atoms with van der Waals surface area (Å²) in [6.07, 6.45) is 0. The van der Waals surface area contributed by atoms with Crippen LogP contribution in [0.15, 0.2) is 46.3 Å². The normalized spacial score (nSPS) is 14.7. The molecule has 2 atom stereocenters. The molecule has 0 saturated heterocycles. The van der Waals surface area contributed by atoms with Crippen molar-refractivity contribution in [1.82, 2.24) is 0 Å². The van der Waals surface area contributed by atoms with Crippen LogP contribution in [-0.4, -0.2) is 0 Å². The number of alkyl halides is 1. The molecule has 2 unspecified atom stereocenters. The fourth-order valence-corrected chi connectivity index (χ4v) is 3.51. The first-order valence-corrected chi connectivity index (χ1v) is 7.17. The first kappa shape index (κ1) is 12.2. The number of hydrogen-bond donors (Lipinski definition) is 0. The second-order valence-corrected chi connectivity index (χ2v) is 6.71. The van der Waals surface area contributed by atoms with Crippen LogP contribution in [0.25, 0.3) is 0 Å². The van der Waals surface area contributed by atoms with E-state index in [2.05, 4.69) is 53.2 Å². The number of hydrogen-bond acceptors (Lipinski definition) is 1. The second-order valence-electron chi connectivity index (χ2n) is 3.74. The number of thiophene rings is 1. The van der Waals surface area contributed by atoms with Gasteiger partial charge in [0, 0.05) is 10.8 Å². The van der Waals surface area contributed by atoms with Crippen molar-refractivity contribution in [1.29, 1.82) is 0 Å². The Balaban J connectivity index is 2.19. The lowest BCUT2D eigenvalue weighted by Crippen LogP contribution is -2.00. The number of halogens is 2. The van der Waals surface area contributed by atoms with Crippen LogP contribution < -0.4 is 0 Å². The van der Waals surface area contributed by atoms with Crippen molar-refractivity contribution in [3.05, 3.63) is 56.7 Å². The van der Waals surface area contributed by atoms with Gasteiger partial charge in [0.1, 0.15) is 0 Å². The van der Waals surface area contributed by atoms with E-state index in [1.165, 1.54) is 10.4 Å². The summed E-state index contributed by atoms with van der Waals surface area (Å²) in [6.45, 7) is 2.17. The SMILES string of the molecule is CC(c1ccccc1)C(Cl)c1ccc(Br)s1. The zero-order valence-electron chi connectivity index (χ0n) is 8.86. The van der Waals surface area contributed by atoms with E-state index in [4.69, 9.17) is 11.6 Å². The fourth-order valence-electron chi connectivity index (χ4n) is 1.65. The van der Waals surface area contributed by atoms with Gasteiger partial charge in [-0.05, 0) is 33.6 Å². The molecule has 1 heterocycles. The molecule has 16 heavy (non-hydrogen) atoms. The molecule has 0 aliphatic heterocycles. The quantitative estimate of drug-likeness (QED) is 0.647. The Morgan fingerprint density at radius 2 is 1.81 bits per heavy atom. The average molecular weight is 316 g/mol. The molecule has 0 fully saturated rings. The minimum Gasteiger partial charge on any atom is -0.132 e. The van der Waals surface area contributed by atoms with Crippen molar-refractivity contribution in [3.8, 4) is 0 Å². The third-order valence-electron chi connectivity index (χ3n) is 2.63. The maximum absolute atomic E-state index is 6.49. The summed E-state index contributed by atoms with van der Waals surface area (Å²) < 4.78 is 1.13. The highest BCUT2D eigenvalue weighted by Crippen LogP contribution is 2.40. The summed E-state index contributed by atoms with van der Waals surface area (Å²) in [6, 6.07) is 14.5. The Bertz CT molecular complexity index is 452. The Labute approximate surface area is 113 Å². The van der Waals surface area contributed by atoms with Gasteiger partial charge in [-0.1, -0.05) is 37.3 Å². The van der Waals surface area contributed by atoms with Gasteiger partial charge < -0.3 is 0 Å². The molecule has 84 valence electrons. The lowest BCUT2D eigenvalue weighted by molar-refractivity contribution is 0.742. The predicted octanol–water partition coefficient (Wildman–Crippen LogP) is 5.59. The van der Waals surface area contributed by atoms with E-state index in [9.17, 15) is 0 Å². The second kappa shape index (κ2) is 5.35. The van der Waals surface area contributed by atoms with Gasteiger partial charge in [-0.25, -0.2) is 0 Å². The minimum atomic E-state index is 0.0405. The first-order chi connectivity index (χ1) is 7.68. The van der Waals surface area contributed by atoms with E-state index >= 15 is 0 Å². The van der Waals surface area contributed by atoms with E-state index in [0.717, 1.165) is 3.79 Å². The molecule has 0 radical (unpaired) electrons. The predicted molar refractivity (Wildman–Crippen MR) is 75.5 cm³/mol. The highest BCUT2D eigenvalue weighted by Gasteiger charge is 2.19. The third-order valence-corrected chi connectivity index (χ3v) is 5.08. The summed E-state index contributed by atoms with van der Waals surface area (Å²) in [4.78, 5) is 1.21. The van der Waals surface area contributed by atoms with Crippen LogP contribution in [0.2, 0.25) is 0 Å². The molecule has 0 spiro atoms. The van der Waals surface area contributed by atoms with Crippen LogP contribution in [0.4, 0.5) is 0 Å². The molecular weight excluding hydrogens is 304 g/mol. The third kappa shape index (κ3) is 2.68. The van der Waals surface area contributed by atoms with E-state index in [1.807, 2.05) is 12.1 Å². The van der Waals surface area contributed by atoms with Crippen molar-refractivity contribution < 1.29 is 0 Å². The van der Waals surface area contributed by atoms with Crippen LogP contribution in [0.3, 0.4) is 0 Å². The lowest BCUT2D eigenvalue weighted by Gasteiger charge is -2.17. The molecule has 1 aromatic carbocycles. The Hall–Kier alpha value is -0.310. The van der Waals surface area contributed by atoms with Gasteiger partial charge in [0.2, 0.25) is 0 Å². The molecule has 2 aromatic rings. The maximum atomic E-state index is 6.49. The zero-order chi connectivity index (χ0) is 11.5. The molecule has 0 nitrogen and oxygen atoms in total. The van der Waals surface area contributed by atoms with E-state index in [1.54, 1.807) is 11.3 Å². The lowest BCUT2D eigenvalue weighted by atomic mass is 9.97. The molecule has 1 aromatic heterocycles. The van der Waals surface area contributed by atoms with Gasteiger partial charge >= 0.3 is 0 Å². The molecule has 0 aliphatic carbocycles. The highest BCUT2D eigenvalue weighted by atomic mass is 79.9. The summed E-state index contributed by atoms with van der Waals surface area (Å²) in [5.74, 6) is 0.327. The Morgan fingerprint density at radius 1 is 1.12 bits per heavy atom. The van der Waals surface area contributed by atoms with Gasteiger partial charge in [-0.3, -0.25) is 0 Å². The largest absolute Gasteiger partial charge is 0.132 e. The van der Waals surface area contributed by atoms with Gasteiger partial charge in [0.05, 0.1) is 9.16 Å². The summed E-state index contributed by atoms with van der Waals surface area (Å²) in [5.41, 5.74) is 1.28. The summed E-state index contributed by atoms with van der Waals surface area (Å²) in [7, 11) is 0. The van der Waals surface area contributed by atoms with Crippen molar-refractivity contribution in [2.75, 3.05) is 0 Å². The van der Waals surface area contributed by atoms with E-state index in [0.29, 0.717) is 5.92 Å². The molecule has 0 saturated carbocycles. The smallest absolute Gasteiger partial charge is 0.0744 e. The molecular formula is C13H12BrClS. The molecule has 0 bridgehead atoms. The maximum Gasteiger partial charge on any atom is 0.0744 e. The van der Waals surface area contributed by atoms with Crippen LogP contribution in [0, 0.1) is 0 Å². The topological polar surface area (TPSA) is 0 Å². The van der Waals surface area contributed by atoms with Crippen molar-refractivity contribution in [2.45, 2.75) is 18.2 Å². The van der Waals surface area contributed by atoms with Gasteiger partial charge in [-0.2, -0.15) is 0 Å².